The standard InChI is InChI=1S/C15H22N2O3/c1-17-8-4-3-5-11(17)10-20-12-6-7-14(16)13(9-12)15(18)19-2/h6-7,9,11H,3-5,8,10,16H2,1-2H3. The average molecular weight is 278 g/mol. The van der Waals surface area contributed by atoms with E-state index in [2.05, 4.69) is 11.9 Å². The van der Waals surface area contributed by atoms with Gasteiger partial charge in [-0.3, -0.25) is 0 Å². The Kier molecular flexibility index (Phi) is 4.84. The zero-order valence-electron chi connectivity index (χ0n) is 12.1. The normalized spacial score (nSPS) is 19.6. The summed E-state index contributed by atoms with van der Waals surface area (Å²) in [5, 5.41) is 0. The first-order valence-corrected chi connectivity index (χ1v) is 6.92. The predicted octanol–water partition coefficient (Wildman–Crippen LogP) is 1.92. The van der Waals surface area contributed by atoms with Crippen molar-refractivity contribution in [2.45, 2.75) is 25.3 Å². The van der Waals surface area contributed by atoms with Crippen LogP contribution in [0.4, 0.5) is 5.69 Å². The van der Waals surface area contributed by atoms with E-state index in [1.165, 1.54) is 20.0 Å². The van der Waals surface area contributed by atoms with Gasteiger partial charge in [-0.1, -0.05) is 6.42 Å². The van der Waals surface area contributed by atoms with E-state index in [0.717, 1.165) is 13.0 Å². The molecule has 2 N–H and O–H groups in total. The van der Waals surface area contributed by atoms with Crippen LogP contribution in [0.25, 0.3) is 0 Å². The van der Waals surface area contributed by atoms with Crippen molar-refractivity contribution >= 4 is 11.7 Å². The number of piperidine rings is 1. The van der Waals surface area contributed by atoms with E-state index < -0.39 is 5.97 Å². The lowest BCUT2D eigenvalue weighted by Crippen LogP contribution is -2.40. The fourth-order valence-electron chi connectivity index (χ4n) is 2.46. The predicted molar refractivity (Wildman–Crippen MR) is 78.0 cm³/mol. The number of anilines is 1. The van der Waals surface area contributed by atoms with Crippen molar-refractivity contribution in [2.24, 2.45) is 0 Å². The number of methoxy groups -OCH3 is 1. The van der Waals surface area contributed by atoms with Gasteiger partial charge in [-0.05, 0) is 44.6 Å². The second-order valence-electron chi connectivity index (χ2n) is 5.18. The minimum atomic E-state index is -0.442. The Labute approximate surface area is 119 Å². The highest BCUT2D eigenvalue weighted by atomic mass is 16.5. The highest BCUT2D eigenvalue weighted by Gasteiger charge is 2.19. The summed E-state index contributed by atoms with van der Waals surface area (Å²) < 4.78 is 10.5. The first kappa shape index (κ1) is 14.7. The molecule has 110 valence electrons. The highest BCUT2D eigenvalue weighted by molar-refractivity contribution is 5.95. The molecule has 1 atom stereocenters. The van der Waals surface area contributed by atoms with Crippen LogP contribution in [-0.2, 0) is 4.74 Å². The highest BCUT2D eigenvalue weighted by Crippen LogP contribution is 2.22. The molecule has 20 heavy (non-hydrogen) atoms. The van der Waals surface area contributed by atoms with Gasteiger partial charge in [0.15, 0.2) is 0 Å². The Balaban J connectivity index is 2.00. The second-order valence-corrected chi connectivity index (χ2v) is 5.18. The Hall–Kier alpha value is -1.75. The van der Waals surface area contributed by atoms with Crippen molar-refractivity contribution < 1.29 is 14.3 Å². The lowest BCUT2D eigenvalue weighted by Gasteiger charge is -2.32. The maximum atomic E-state index is 11.6. The molecular weight excluding hydrogens is 256 g/mol. The molecule has 1 saturated heterocycles. The number of likely N-dealkylation sites (tertiary alicyclic amines) is 1. The van der Waals surface area contributed by atoms with Gasteiger partial charge in [0.2, 0.25) is 0 Å². The SMILES string of the molecule is COC(=O)c1cc(OCC2CCCCN2C)ccc1N. The third kappa shape index (κ3) is 3.42. The van der Waals surface area contributed by atoms with Crippen LogP contribution in [0, 0.1) is 0 Å². The molecule has 0 bridgehead atoms. The Morgan fingerprint density at radius 3 is 2.95 bits per heavy atom. The molecule has 1 aromatic carbocycles. The van der Waals surface area contributed by atoms with Crippen LogP contribution in [0.1, 0.15) is 29.6 Å². The van der Waals surface area contributed by atoms with Gasteiger partial charge in [0.1, 0.15) is 12.4 Å². The number of ether oxygens (including phenoxy) is 2. The number of carbonyl (C=O) groups excluding carboxylic acids is 1. The van der Waals surface area contributed by atoms with E-state index in [1.807, 2.05) is 0 Å². The van der Waals surface area contributed by atoms with Crippen LogP contribution in [0.5, 0.6) is 5.75 Å². The molecule has 1 unspecified atom stereocenters. The smallest absolute Gasteiger partial charge is 0.340 e. The Morgan fingerprint density at radius 2 is 2.25 bits per heavy atom. The van der Waals surface area contributed by atoms with E-state index in [1.54, 1.807) is 18.2 Å². The fourth-order valence-corrected chi connectivity index (χ4v) is 2.46. The van der Waals surface area contributed by atoms with Crippen LogP contribution in [-0.4, -0.2) is 44.2 Å². The van der Waals surface area contributed by atoms with E-state index in [9.17, 15) is 4.79 Å². The summed E-state index contributed by atoms with van der Waals surface area (Å²) in [7, 11) is 3.46. The summed E-state index contributed by atoms with van der Waals surface area (Å²) in [4.78, 5) is 13.9. The van der Waals surface area contributed by atoms with Crippen LogP contribution >= 0.6 is 0 Å². The Morgan fingerprint density at radius 1 is 1.45 bits per heavy atom. The van der Waals surface area contributed by atoms with Gasteiger partial charge in [0.25, 0.3) is 0 Å². The number of carbonyl (C=O) groups is 1. The first-order valence-electron chi connectivity index (χ1n) is 6.92. The molecule has 1 fully saturated rings. The summed E-state index contributed by atoms with van der Waals surface area (Å²) in [6.07, 6.45) is 3.64. The summed E-state index contributed by atoms with van der Waals surface area (Å²) in [5.74, 6) is 0.210. The molecule has 0 radical (unpaired) electrons. The molecule has 1 aliphatic heterocycles. The molecule has 0 amide bonds. The topological polar surface area (TPSA) is 64.8 Å². The summed E-state index contributed by atoms with van der Waals surface area (Å²) in [5.41, 5.74) is 6.51. The van der Waals surface area contributed by atoms with Gasteiger partial charge < -0.3 is 20.1 Å². The average Bonchev–Trinajstić information content (AvgIpc) is 2.47. The number of hydrogen-bond donors (Lipinski definition) is 1. The maximum Gasteiger partial charge on any atom is 0.340 e. The van der Waals surface area contributed by atoms with Crippen molar-refractivity contribution in [3.63, 3.8) is 0 Å². The molecule has 0 saturated carbocycles. The monoisotopic (exact) mass is 278 g/mol. The largest absolute Gasteiger partial charge is 0.492 e. The fraction of sp³-hybridized carbons (Fsp3) is 0.533. The van der Waals surface area contributed by atoms with E-state index in [0.29, 0.717) is 29.6 Å². The van der Waals surface area contributed by atoms with Crippen LogP contribution in [0.15, 0.2) is 18.2 Å². The van der Waals surface area contributed by atoms with Gasteiger partial charge in [0.05, 0.1) is 12.7 Å². The molecule has 0 spiro atoms. The quantitative estimate of drug-likeness (QED) is 0.673. The number of hydrogen-bond acceptors (Lipinski definition) is 5. The molecule has 0 aromatic heterocycles. The van der Waals surface area contributed by atoms with E-state index >= 15 is 0 Å². The first-order chi connectivity index (χ1) is 9.61. The van der Waals surface area contributed by atoms with Crippen molar-refractivity contribution in [2.75, 3.05) is 33.0 Å². The zero-order chi connectivity index (χ0) is 14.5. The minimum absolute atomic E-state index is 0.349. The van der Waals surface area contributed by atoms with E-state index in [4.69, 9.17) is 15.2 Å². The second kappa shape index (κ2) is 6.61. The van der Waals surface area contributed by atoms with Gasteiger partial charge in [-0.2, -0.15) is 0 Å². The minimum Gasteiger partial charge on any atom is -0.492 e. The zero-order valence-corrected chi connectivity index (χ0v) is 12.1. The molecular formula is C15H22N2O3. The number of benzene rings is 1. The number of likely N-dealkylation sites (N-methyl/N-ethyl adjacent to an activating group) is 1. The van der Waals surface area contributed by atoms with Crippen molar-refractivity contribution in [3.8, 4) is 5.75 Å². The maximum absolute atomic E-state index is 11.6. The molecule has 5 heteroatoms. The third-order valence-corrected chi connectivity index (χ3v) is 3.79. The molecule has 2 rings (SSSR count). The van der Waals surface area contributed by atoms with Gasteiger partial charge >= 0.3 is 5.97 Å². The molecule has 0 aliphatic carbocycles. The number of rotatable bonds is 4. The van der Waals surface area contributed by atoms with Crippen LogP contribution < -0.4 is 10.5 Å². The third-order valence-electron chi connectivity index (χ3n) is 3.79. The summed E-state index contributed by atoms with van der Waals surface area (Å²) >= 11 is 0. The van der Waals surface area contributed by atoms with Crippen LogP contribution in [0.3, 0.4) is 0 Å². The Bertz CT molecular complexity index is 476. The lowest BCUT2D eigenvalue weighted by atomic mass is 10.0. The summed E-state index contributed by atoms with van der Waals surface area (Å²) in [6, 6.07) is 5.53. The number of nitrogen functional groups attached to an aromatic ring is 1. The molecule has 1 aromatic rings. The molecule has 1 heterocycles. The van der Waals surface area contributed by atoms with Gasteiger partial charge in [-0.25, -0.2) is 4.79 Å². The number of esters is 1. The lowest BCUT2D eigenvalue weighted by molar-refractivity contribution is 0.0601. The molecule has 5 nitrogen and oxygen atoms in total. The number of nitrogens with two attached hydrogens (primary N) is 1. The molecule has 1 aliphatic rings. The van der Waals surface area contributed by atoms with E-state index in [-0.39, 0.29) is 0 Å². The van der Waals surface area contributed by atoms with Crippen LogP contribution in [0.2, 0.25) is 0 Å². The summed E-state index contributed by atoms with van der Waals surface area (Å²) in [6.45, 7) is 1.74. The van der Waals surface area contributed by atoms with Crippen molar-refractivity contribution in [1.29, 1.82) is 0 Å². The van der Waals surface area contributed by atoms with Crippen molar-refractivity contribution in [3.05, 3.63) is 23.8 Å². The van der Waals surface area contributed by atoms with Gasteiger partial charge in [0, 0.05) is 11.7 Å². The number of nitrogens with zero attached hydrogens (tertiary/aromatic N) is 1. The van der Waals surface area contributed by atoms with Crippen molar-refractivity contribution in [1.82, 2.24) is 4.90 Å². The van der Waals surface area contributed by atoms with Gasteiger partial charge in [-0.15, -0.1) is 0 Å².